The van der Waals surface area contributed by atoms with Crippen LogP contribution in [0.2, 0.25) is 0 Å². The van der Waals surface area contributed by atoms with Crippen LogP contribution >= 0.6 is 0 Å². The quantitative estimate of drug-likeness (QED) is 0.0255. The molecule has 0 spiro atoms. The number of rotatable bonds is 48. The van der Waals surface area contributed by atoms with E-state index >= 15 is 0 Å². The van der Waals surface area contributed by atoms with Crippen molar-refractivity contribution in [3.05, 3.63) is 0 Å². The molecule has 114 heavy (non-hydrogen) atoms. The van der Waals surface area contributed by atoms with E-state index in [4.69, 9.17) is 0 Å². The average molecular weight is 1650 g/mol. The minimum Gasteiger partial charge on any atom is -0.323 e. The van der Waals surface area contributed by atoms with Crippen LogP contribution in [0.5, 0.6) is 0 Å². The molecule has 0 aliphatic rings. The molecule has 0 aromatic heterocycles. The van der Waals surface area contributed by atoms with Crippen molar-refractivity contribution < 1.29 is 0 Å². The maximum atomic E-state index is 3.48. The molecule has 0 saturated carbocycles. The summed E-state index contributed by atoms with van der Waals surface area (Å²) in [6, 6.07) is 5.28. The van der Waals surface area contributed by atoms with Crippen molar-refractivity contribution in [3.8, 4) is 0 Å². The van der Waals surface area contributed by atoms with Gasteiger partial charge in [0.05, 0.1) is 0 Å². The summed E-state index contributed by atoms with van der Waals surface area (Å²) in [4.78, 5) is 0. The van der Waals surface area contributed by atoms with Crippen LogP contribution in [0.4, 0.5) is 0 Å². The van der Waals surface area contributed by atoms with E-state index in [0.29, 0.717) is 48.3 Å². The van der Waals surface area contributed by atoms with Crippen LogP contribution in [-0.4, -0.2) is 236 Å². The molecule has 18 heteroatoms. The van der Waals surface area contributed by atoms with Crippen molar-refractivity contribution in [2.45, 2.75) is 428 Å². The van der Waals surface area contributed by atoms with Crippen molar-refractivity contribution in [2.75, 3.05) is 187 Å². The van der Waals surface area contributed by atoms with Crippen molar-refractivity contribution in [2.24, 2.45) is 23.7 Å². The maximum Gasteiger partial charge on any atom is 0.00385 e. The Morgan fingerprint density at radius 3 is 0.605 bits per heavy atom. The highest BCUT2D eigenvalue weighted by molar-refractivity contribution is 4.64. The second-order valence-electron chi connectivity index (χ2n) is 31.5. The van der Waals surface area contributed by atoms with Gasteiger partial charge >= 0.3 is 0 Å². The maximum absolute atomic E-state index is 3.48. The fraction of sp³-hybridized carbons (Fsp3) is 1.00. The predicted molar refractivity (Wildman–Crippen MR) is 546 cm³/mol. The first kappa shape index (κ1) is 157. The molecule has 0 heterocycles. The van der Waals surface area contributed by atoms with Crippen LogP contribution in [-0.2, 0) is 0 Å². The Bertz CT molecular complexity index is 1140. The van der Waals surface area contributed by atoms with Gasteiger partial charge in [0.15, 0.2) is 0 Å². The lowest BCUT2D eigenvalue weighted by atomic mass is 10.2. The van der Waals surface area contributed by atoms with Gasteiger partial charge in [-0.2, -0.15) is 0 Å². The molecule has 0 bridgehead atoms. The van der Waals surface area contributed by atoms with Crippen LogP contribution < -0.4 is 95.7 Å². The van der Waals surface area contributed by atoms with E-state index in [1.54, 1.807) is 0 Å². The molecule has 18 nitrogen and oxygen atoms in total. The molecule has 0 aromatic rings. The van der Waals surface area contributed by atoms with Gasteiger partial charge in [-0.1, -0.05) is 275 Å². The molecule has 0 saturated heterocycles. The molecule has 0 radical (unpaired) electrons. The van der Waals surface area contributed by atoms with Gasteiger partial charge in [-0.15, -0.1) is 0 Å². The Morgan fingerprint density at radius 2 is 0.474 bits per heavy atom. The molecule has 0 aliphatic carbocycles. The Morgan fingerprint density at radius 1 is 0.193 bits per heavy atom. The standard InChI is InChI=1S/3C8H19N.5C6H15N.5C5H13N.3C4H11N.C3H9N.C2H7N/c1-7(2)5-9-6-8(3)4;1-5-7(3)9-8(4)6-2;1-3-5-7-9-8-6-4-2;1-5(2)7-6(3)4;1-4-7-5-6(2)3;1-4-6(3)7-5-2;1-3-5-6-7-4-2;1-3-5-7-6-4-2;1-5(2)4-6-3;1-4-5(2)6-3;1-4-6-5(2)3;1-3-4-5-6-2;1-3-5-6-4-2;1-4(2)5-3;1-3-4-5-2;1-3-5-4-2;1-3-4-2;1-3-2/h2*7-9H,5-6H2,1-4H3;9H,3-8H2,1-2H3;5-7H,1-4H3;2*6-7H,4-5H2,1-3H3;2*7H,3-6H2,1-2H3;3*5-6H,4H2,1-3H3;2*6H,3-5H2,1-2H3;4-5H,1-3H3;2*5H,3-4H2,1-2H3;4H,3H2,1-2H3;3H,1-2H3. The molecule has 0 aromatic carbocycles. The third-order valence-electron chi connectivity index (χ3n) is 14.5. The zero-order chi connectivity index (χ0) is 93.1. The van der Waals surface area contributed by atoms with Gasteiger partial charge in [0.1, 0.15) is 0 Å². The fourth-order valence-electron chi connectivity index (χ4n) is 6.89. The topological polar surface area (TPSA) is 217 Å². The zero-order valence-corrected chi connectivity index (χ0v) is 89.4. The van der Waals surface area contributed by atoms with Gasteiger partial charge in [0.2, 0.25) is 0 Å². The van der Waals surface area contributed by atoms with Crippen LogP contribution in [0.15, 0.2) is 0 Å². The summed E-state index contributed by atoms with van der Waals surface area (Å²) in [6.45, 7) is 110. The van der Waals surface area contributed by atoms with Crippen LogP contribution in [0.25, 0.3) is 0 Å². The molecule has 0 aliphatic heterocycles. The number of hydrogen-bond acceptors (Lipinski definition) is 18. The molecule has 4 unspecified atom stereocenters. The molecular formula is C96H246N18. The highest BCUT2D eigenvalue weighted by atomic mass is 14.9. The van der Waals surface area contributed by atoms with Gasteiger partial charge in [0.25, 0.3) is 0 Å². The highest BCUT2D eigenvalue weighted by Gasteiger charge is 2.01. The summed E-state index contributed by atoms with van der Waals surface area (Å²) in [5.41, 5.74) is 0. The highest BCUT2D eigenvalue weighted by Crippen LogP contribution is 1.95. The molecule has 4 atom stereocenters. The number of unbranched alkanes of at least 4 members (excludes halogenated alkanes) is 4. The smallest absolute Gasteiger partial charge is 0.00385 e. The third-order valence-corrected chi connectivity index (χ3v) is 14.5. The van der Waals surface area contributed by atoms with Crippen molar-refractivity contribution >= 4 is 0 Å². The van der Waals surface area contributed by atoms with Crippen LogP contribution in [0, 0.1) is 23.7 Å². The lowest BCUT2D eigenvalue weighted by Crippen LogP contribution is -2.33. The second-order valence-corrected chi connectivity index (χ2v) is 31.5. The lowest BCUT2D eigenvalue weighted by Gasteiger charge is -2.16. The Balaban J connectivity index is -0.0000000537. The molecule has 0 fully saturated rings. The molecule has 0 amide bonds. The largest absolute Gasteiger partial charge is 0.323 e. The van der Waals surface area contributed by atoms with Gasteiger partial charge in [0, 0.05) is 48.3 Å². The fourth-order valence-corrected chi connectivity index (χ4v) is 6.89. The van der Waals surface area contributed by atoms with E-state index in [-0.39, 0.29) is 0 Å². The zero-order valence-electron chi connectivity index (χ0n) is 89.4. The summed E-state index contributed by atoms with van der Waals surface area (Å²) in [5, 5.41) is 57.1. The van der Waals surface area contributed by atoms with E-state index in [1.165, 1.54) is 135 Å². The third kappa shape index (κ3) is 338. The van der Waals surface area contributed by atoms with Gasteiger partial charge < -0.3 is 95.7 Å². The van der Waals surface area contributed by atoms with Crippen molar-refractivity contribution in [3.63, 3.8) is 0 Å². The Labute approximate surface area is 730 Å². The normalized spacial score (nSPS) is 10.7. The number of nitrogens with one attached hydrogen (secondary N) is 18. The number of hydrogen-bond donors (Lipinski definition) is 18. The van der Waals surface area contributed by atoms with E-state index in [0.717, 1.165) is 122 Å². The monoisotopic (exact) mass is 1650 g/mol. The van der Waals surface area contributed by atoms with Gasteiger partial charge in [-0.05, 0) is 316 Å². The SMILES string of the molecule is CC(C)CNCC(C)C.CC(C)NC(C)C.CCC(C)NC.CCC(C)NC(C)CC.CCCCNC.CCCCNCC.CCCCNCCCC.CCCNC.CCCNCC.CCCNCCC.CCNC.CCNC(C)C.CCNC(C)CC.CCNCC.CCNCC(C)C.CNC.CNC(C)C.CNCC(C)C. The van der Waals surface area contributed by atoms with E-state index < -0.39 is 0 Å². The van der Waals surface area contributed by atoms with E-state index in [2.05, 4.69) is 373 Å². The van der Waals surface area contributed by atoms with Crippen LogP contribution in [0.3, 0.4) is 0 Å². The first-order chi connectivity index (χ1) is 53.9. The molecular weight excluding hydrogens is 1410 g/mol. The van der Waals surface area contributed by atoms with E-state index in [9.17, 15) is 0 Å². The summed E-state index contributed by atoms with van der Waals surface area (Å²) in [6.07, 6.45) is 20.3. The summed E-state index contributed by atoms with van der Waals surface area (Å²) >= 11 is 0. The van der Waals surface area contributed by atoms with Gasteiger partial charge in [-0.3, -0.25) is 0 Å². The second kappa shape index (κ2) is 174. The Hall–Kier alpha value is -0.720. The summed E-state index contributed by atoms with van der Waals surface area (Å²) in [7, 11) is 15.5. The minimum absolute atomic E-state index is 0.625. The first-order valence-corrected chi connectivity index (χ1v) is 48.3. The van der Waals surface area contributed by atoms with Crippen molar-refractivity contribution in [1.82, 2.24) is 95.7 Å². The molecule has 720 valence electrons. The predicted octanol–water partition coefficient (Wildman–Crippen LogP) is 19.9. The minimum atomic E-state index is 0.625. The van der Waals surface area contributed by atoms with E-state index in [1.807, 2.05) is 56.4 Å². The summed E-state index contributed by atoms with van der Waals surface area (Å²) in [5.74, 6) is 3.14. The van der Waals surface area contributed by atoms with Crippen LogP contribution in [0.1, 0.15) is 380 Å². The van der Waals surface area contributed by atoms with Crippen molar-refractivity contribution in [1.29, 1.82) is 0 Å². The Kier molecular flexibility index (Phi) is 241. The molecule has 18 N–H and O–H groups in total. The first-order valence-electron chi connectivity index (χ1n) is 48.3. The molecule has 0 rings (SSSR count). The average Bonchev–Trinajstić information content (AvgIpc) is 1.04. The summed E-state index contributed by atoms with van der Waals surface area (Å²) < 4.78 is 0. The van der Waals surface area contributed by atoms with Gasteiger partial charge in [-0.25, -0.2) is 0 Å². The lowest BCUT2D eigenvalue weighted by molar-refractivity contribution is 0.449.